The van der Waals surface area contributed by atoms with E-state index in [1.54, 1.807) is 12.1 Å². The molecule has 1 fully saturated rings. The fraction of sp³-hybridized carbons (Fsp3) is 0.400. The summed E-state index contributed by atoms with van der Waals surface area (Å²) in [6, 6.07) is 9.40. The van der Waals surface area contributed by atoms with Crippen molar-refractivity contribution in [3.63, 3.8) is 0 Å². The Kier molecular flexibility index (Phi) is 3.12. The number of ether oxygens (including phenoxy) is 2. The molecule has 1 spiro atoms. The molecule has 3 heterocycles. The van der Waals surface area contributed by atoms with E-state index in [2.05, 4.69) is 11.9 Å². The first-order chi connectivity index (χ1) is 12.5. The number of hydrogen-bond donors (Lipinski definition) is 1. The van der Waals surface area contributed by atoms with E-state index >= 15 is 0 Å². The highest BCUT2D eigenvalue weighted by molar-refractivity contribution is 5.75. The molecule has 1 aliphatic carbocycles. The van der Waals surface area contributed by atoms with Crippen LogP contribution in [0.15, 0.2) is 41.5 Å². The highest BCUT2D eigenvalue weighted by Gasteiger charge is 2.60. The zero-order chi connectivity index (χ0) is 17.9. The van der Waals surface area contributed by atoms with Crippen LogP contribution in [-0.4, -0.2) is 23.2 Å². The van der Waals surface area contributed by atoms with Crippen molar-refractivity contribution in [2.75, 3.05) is 6.61 Å². The van der Waals surface area contributed by atoms with E-state index in [-0.39, 0.29) is 17.5 Å². The average molecular weight is 353 g/mol. The van der Waals surface area contributed by atoms with Crippen LogP contribution in [0.3, 0.4) is 0 Å². The number of amidine groups is 1. The van der Waals surface area contributed by atoms with Crippen LogP contribution in [0.25, 0.3) is 11.1 Å². The first-order valence-corrected chi connectivity index (χ1v) is 8.94. The number of rotatable bonds is 1. The lowest BCUT2D eigenvalue weighted by Crippen LogP contribution is -2.52. The number of halogens is 1. The predicted octanol–water partition coefficient (Wildman–Crippen LogP) is 3.38. The van der Waals surface area contributed by atoms with Crippen molar-refractivity contribution in [3.05, 3.63) is 48.0 Å². The highest BCUT2D eigenvalue weighted by Crippen LogP contribution is 2.58. The van der Waals surface area contributed by atoms with Gasteiger partial charge in [-0.05, 0) is 56.0 Å². The van der Waals surface area contributed by atoms with Gasteiger partial charge >= 0.3 is 0 Å². The lowest BCUT2D eigenvalue weighted by Gasteiger charge is -2.47. The van der Waals surface area contributed by atoms with Crippen LogP contribution in [0.4, 0.5) is 4.39 Å². The third-order valence-corrected chi connectivity index (χ3v) is 6.09. The predicted molar refractivity (Wildman–Crippen MR) is 95.3 cm³/mol. The van der Waals surface area contributed by atoms with Crippen molar-refractivity contribution in [1.82, 2.24) is 4.98 Å². The maximum atomic E-state index is 14.2. The smallest absolute Gasteiger partial charge is 0.283 e. The van der Waals surface area contributed by atoms with Gasteiger partial charge in [0.15, 0.2) is 0 Å². The molecule has 3 aliphatic rings. The third kappa shape index (κ3) is 2.01. The maximum Gasteiger partial charge on any atom is 0.283 e. The van der Waals surface area contributed by atoms with Gasteiger partial charge in [0.1, 0.15) is 23.5 Å². The van der Waals surface area contributed by atoms with E-state index in [4.69, 9.17) is 20.2 Å². The van der Waals surface area contributed by atoms with Gasteiger partial charge in [0.2, 0.25) is 5.95 Å². The number of fused-ring (bicyclic) bond motifs is 4. The zero-order valence-electron chi connectivity index (χ0n) is 14.5. The maximum absolute atomic E-state index is 14.2. The Morgan fingerprint density at radius 3 is 2.96 bits per heavy atom. The van der Waals surface area contributed by atoms with Gasteiger partial charge in [0.25, 0.3) is 6.02 Å². The average Bonchev–Trinajstić information content (AvgIpc) is 3.20. The van der Waals surface area contributed by atoms with Crippen LogP contribution < -0.4 is 10.5 Å². The quantitative estimate of drug-likeness (QED) is 0.798. The second kappa shape index (κ2) is 5.19. The number of benzene rings is 1. The lowest BCUT2D eigenvalue weighted by molar-refractivity contribution is -0.0210. The minimum absolute atomic E-state index is 0.178. The summed E-state index contributed by atoms with van der Waals surface area (Å²) in [7, 11) is 0. The number of aromatic nitrogens is 1. The molecule has 5 rings (SSSR count). The van der Waals surface area contributed by atoms with E-state index in [0.717, 1.165) is 36.1 Å². The van der Waals surface area contributed by atoms with Gasteiger partial charge in [-0.3, -0.25) is 0 Å². The van der Waals surface area contributed by atoms with Gasteiger partial charge in [-0.2, -0.15) is 4.39 Å². The molecule has 5 nitrogen and oxygen atoms in total. The molecule has 26 heavy (non-hydrogen) atoms. The summed E-state index contributed by atoms with van der Waals surface area (Å²) < 4.78 is 26.2. The lowest BCUT2D eigenvalue weighted by atomic mass is 9.69. The van der Waals surface area contributed by atoms with Crippen molar-refractivity contribution < 1.29 is 13.9 Å². The molecule has 1 aromatic carbocycles. The van der Waals surface area contributed by atoms with Crippen LogP contribution in [0.1, 0.15) is 31.7 Å². The monoisotopic (exact) mass is 353 g/mol. The molecule has 0 bridgehead atoms. The summed E-state index contributed by atoms with van der Waals surface area (Å²) in [6.07, 6.45) is 4.51. The molecule has 0 amide bonds. The summed E-state index contributed by atoms with van der Waals surface area (Å²) in [4.78, 5) is 8.51. The fourth-order valence-electron chi connectivity index (χ4n) is 4.93. The first kappa shape index (κ1) is 15.6. The Labute approximate surface area is 151 Å². The zero-order valence-corrected chi connectivity index (χ0v) is 14.5. The molecule has 1 aromatic heterocycles. The first-order valence-electron chi connectivity index (χ1n) is 8.94. The Balaban J connectivity index is 1.72. The van der Waals surface area contributed by atoms with Crippen LogP contribution >= 0.6 is 0 Å². The number of pyridine rings is 1. The van der Waals surface area contributed by atoms with Gasteiger partial charge in [-0.25, -0.2) is 9.98 Å². The van der Waals surface area contributed by atoms with Crippen molar-refractivity contribution in [3.8, 4) is 16.9 Å². The molecule has 3 atom stereocenters. The van der Waals surface area contributed by atoms with Crippen LogP contribution in [0, 0.1) is 11.9 Å². The Hall–Kier alpha value is -2.63. The number of aliphatic imine (C=N–C) groups is 1. The third-order valence-electron chi connectivity index (χ3n) is 6.09. The molecule has 1 saturated carbocycles. The summed E-state index contributed by atoms with van der Waals surface area (Å²) in [5.41, 5.74) is 7.18. The number of hydrogen-bond acceptors (Lipinski definition) is 5. The number of nitrogens with zero attached hydrogens (tertiary/aromatic N) is 2. The second-order valence-corrected chi connectivity index (χ2v) is 7.58. The van der Waals surface area contributed by atoms with Crippen LogP contribution in [-0.2, 0) is 10.3 Å². The Morgan fingerprint density at radius 2 is 2.19 bits per heavy atom. The molecule has 1 unspecified atom stereocenters. The largest absolute Gasteiger partial charge is 0.487 e. The van der Waals surface area contributed by atoms with E-state index < -0.39 is 11.5 Å². The van der Waals surface area contributed by atoms with Crippen molar-refractivity contribution in [1.29, 1.82) is 0 Å². The molecule has 0 radical (unpaired) electrons. The summed E-state index contributed by atoms with van der Waals surface area (Å²) >= 11 is 0. The second-order valence-electron chi connectivity index (χ2n) is 7.58. The molecule has 2 aromatic rings. The van der Waals surface area contributed by atoms with Gasteiger partial charge in [0.05, 0.1) is 0 Å². The Bertz CT molecular complexity index is 931. The van der Waals surface area contributed by atoms with E-state index in [0.29, 0.717) is 12.2 Å². The minimum Gasteiger partial charge on any atom is -0.487 e. The Morgan fingerprint density at radius 1 is 1.31 bits per heavy atom. The van der Waals surface area contributed by atoms with E-state index in [1.165, 1.54) is 6.20 Å². The minimum atomic E-state index is -0.572. The molecule has 134 valence electrons. The normalized spacial score (nSPS) is 31.8. The summed E-state index contributed by atoms with van der Waals surface area (Å²) in [6.45, 7) is 2.54. The van der Waals surface area contributed by atoms with Crippen molar-refractivity contribution >= 4 is 6.02 Å². The molecule has 2 aliphatic heterocycles. The topological polar surface area (TPSA) is 69.7 Å². The molecular formula is C20H20FN3O2. The SMILES string of the molecule is C[C@]12CCCC1[C@@]1(COC(N)=N1)c1cc(-c3cccnc3F)ccc1O2. The summed E-state index contributed by atoms with van der Waals surface area (Å²) in [5, 5.41) is 0. The van der Waals surface area contributed by atoms with Crippen molar-refractivity contribution in [2.24, 2.45) is 16.6 Å². The summed E-state index contributed by atoms with van der Waals surface area (Å²) in [5.74, 6) is 0.466. The highest BCUT2D eigenvalue weighted by atomic mass is 19.1. The van der Waals surface area contributed by atoms with E-state index in [9.17, 15) is 4.39 Å². The molecule has 2 N–H and O–H groups in total. The molecular weight excluding hydrogens is 333 g/mol. The molecule has 6 heteroatoms. The standard InChI is InChI=1S/C20H20FN3O2/c1-19-8-2-5-16(19)20(11-25-18(22)24-20)14-10-12(6-7-15(14)26-19)13-4-3-9-23-17(13)21/h3-4,6-7,9-10,16H,2,5,8,11H2,1H3,(H2,22,24)/t16?,19-,20+/m0/s1. The van der Waals surface area contributed by atoms with Crippen LogP contribution in [0.5, 0.6) is 5.75 Å². The van der Waals surface area contributed by atoms with Gasteiger partial charge < -0.3 is 15.2 Å². The number of nitrogens with two attached hydrogens (primary N) is 1. The molecule has 0 saturated heterocycles. The van der Waals surface area contributed by atoms with Gasteiger partial charge in [-0.15, -0.1) is 0 Å². The van der Waals surface area contributed by atoms with E-state index in [1.807, 2.05) is 18.2 Å². The van der Waals surface area contributed by atoms with Gasteiger partial charge in [-0.1, -0.05) is 6.07 Å². The fourth-order valence-corrected chi connectivity index (χ4v) is 4.93. The van der Waals surface area contributed by atoms with Gasteiger partial charge in [0, 0.05) is 23.2 Å². The van der Waals surface area contributed by atoms with Crippen molar-refractivity contribution in [2.45, 2.75) is 37.3 Å². The van der Waals surface area contributed by atoms with Crippen LogP contribution in [0.2, 0.25) is 0 Å².